The molecule has 5 heterocycles. The van der Waals surface area contributed by atoms with Crippen molar-refractivity contribution in [1.29, 1.82) is 0 Å². The topological polar surface area (TPSA) is 30.2 Å². The first kappa shape index (κ1) is 16.2. The quantitative estimate of drug-likeness (QED) is 0.230. The van der Waals surface area contributed by atoms with Crippen LogP contribution in [0.1, 0.15) is 0 Å². The van der Waals surface area contributed by atoms with E-state index in [0.29, 0.717) is 0 Å². The van der Waals surface area contributed by atoms with Gasteiger partial charge in [0.25, 0.3) is 0 Å². The molecular formula is C26H13N3S2. The Hall–Kier alpha value is -3.54. The third kappa shape index (κ3) is 1.98. The minimum absolute atomic E-state index is 0.985. The van der Waals surface area contributed by atoms with Gasteiger partial charge in [0.05, 0.1) is 5.52 Å². The van der Waals surface area contributed by atoms with Gasteiger partial charge in [0.2, 0.25) is 0 Å². The number of nitrogens with zero attached hydrogens (tertiary/aromatic N) is 3. The normalized spacial score (nSPS) is 12.5. The molecule has 144 valence electrons. The largest absolute Gasteiger partial charge is 0.298 e. The van der Waals surface area contributed by atoms with Crippen molar-refractivity contribution >= 4 is 90.3 Å². The Labute approximate surface area is 183 Å². The summed E-state index contributed by atoms with van der Waals surface area (Å²) in [5, 5.41) is 8.82. The molecule has 0 saturated heterocycles. The number of imidazole rings is 1. The lowest BCUT2D eigenvalue weighted by Gasteiger charge is -2.09. The van der Waals surface area contributed by atoms with Gasteiger partial charge in [-0.3, -0.25) is 9.38 Å². The molecule has 0 bridgehead atoms. The molecule has 0 spiro atoms. The molecule has 5 heteroatoms. The molecule has 0 aliphatic rings. The van der Waals surface area contributed by atoms with Crippen LogP contribution in [0.5, 0.6) is 0 Å². The van der Waals surface area contributed by atoms with Gasteiger partial charge in [-0.25, -0.2) is 4.98 Å². The van der Waals surface area contributed by atoms with Gasteiger partial charge < -0.3 is 0 Å². The van der Waals surface area contributed by atoms with Crippen LogP contribution in [0.25, 0.3) is 67.7 Å². The first-order chi connectivity index (χ1) is 15.4. The number of thiophene rings is 2. The van der Waals surface area contributed by atoms with E-state index in [1.807, 2.05) is 41.3 Å². The lowest BCUT2D eigenvalue weighted by atomic mass is 10.0. The van der Waals surface area contributed by atoms with E-state index in [9.17, 15) is 0 Å². The Morgan fingerprint density at radius 1 is 0.645 bits per heavy atom. The third-order valence-electron chi connectivity index (χ3n) is 6.34. The zero-order chi connectivity index (χ0) is 20.1. The summed E-state index contributed by atoms with van der Waals surface area (Å²) in [6, 6.07) is 20.1. The molecule has 0 radical (unpaired) electrons. The summed E-state index contributed by atoms with van der Waals surface area (Å²) in [6.45, 7) is 0. The molecule has 3 aromatic carbocycles. The third-order valence-corrected chi connectivity index (χ3v) is 8.59. The fourth-order valence-electron chi connectivity index (χ4n) is 5.02. The van der Waals surface area contributed by atoms with Crippen LogP contribution >= 0.6 is 22.7 Å². The highest BCUT2D eigenvalue weighted by Crippen LogP contribution is 2.44. The summed E-state index contributed by atoms with van der Waals surface area (Å²) in [6.07, 6.45) is 7.79. The summed E-state index contributed by atoms with van der Waals surface area (Å²) < 4.78 is 7.59. The van der Waals surface area contributed by atoms with Crippen molar-refractivity contribution in [2.24, 2.45) is 0 Å². The number of rotatable bonds is 0. The fraction of sp³-hybridized carbons (Fsp3) is 0. The van der Waals surface area contributed by atoms with Crippen LogP contribution in [0.15, 0.2) is 79.4 Å². The Morgan fingerprint density at radius 3 is 2.55 bits per heavy atom. The first-order valence-electron chi connectivity index (χ1n) is 10.2. The van der Waals surface area contributed by atoms with Crippen LogP contribution < -0.4 is 0 Å². The van der Waals surface area contributed by atoms with Crippen LogP contribution in [0.2, 0.25) is 0 Å². The maximum atomic E-state index is 4.69. The molecule has 0 N–H and O–H groups in total. The number of fused-ring (bicyclic) bond motifs is 13. The van der Waals surface area contributed by atoms with Crippen LogP contribution in [0.4, 0.5) is 0 Å². The van der Waals surface area contributed by atoms with E-state index in [1.54, 1.807) is 0 Å². The van der Waals surface area contributed by atoms with Gasteiger partial charge in [-0.1, -0.05) is 24.3 Å². The average Bonchev–Trinajstić information content (AvgIpc) is 3.52. The zero-order valence-corrected chi connectivity index (χ0v) is 17.8. The predicted octanol–water partition coefficient (Wildman–Crippen LogP) is 7.77. The second-order valence-electron chi connectivity index (χ2n) is 7.92. The highest BCUT2D eigenvalue weighted by atomic mass is 32.1. The molecule has 0 saturated carbocycles. The van der Waals surface area contributed by atoms with E-state index >= 15 is 0 Å². The SMILES string of the molecule is c1ccc2c(c1)sc1cc3sc4ccc5c6cnccc6c6nccn6c5c4c3cc12. The standard InChI is InChI=1S/C26H13N3S2/c1-2-4-20-14(3-1)17-11-18-23(12-22(17)30-20)31-21-6-5-15-19-13-27-8-7-16(19)26-28-9-10-29(26)25(15)24(18)21/h1-13H. The Bertz CT molecular complexity index is 2010. The molecule has 0 atom stereocenters. The van der Waals surface area contributed by atoms with E-state index in [4.69, 9.17) is 4.98 Å². The molecule has 31 heavy (non-hydrogen) atoms. The number of pyridine rings is 2. The van der Waals surface area contributed by atoms with Crippen molar-refractivity contribution in [3.05, 3.63) is 79.4 Å². The monoisotopic (exact) mass is 431 g/mol. The van der Waals surface area contributed by atoms with Gasteiger partial charge in [-0.05, 0) is 30.3 Å². The number of hydrogen-bond donors (Lipinski definition) is 0. The van der Waals surface area contributed by atoms with Gasteiger partial charge in [0.1, 0.15) is 5.65 Å². The van der Waals surface area contributed by atoms with Crippen molar-refractivity contribution < 1.29 is 0 Å². The second-order valence-corrected chi connectivity index (χ2v) is 10.1. The molecule has 3 nitrogen and oxygen atoms in total. The van der Waals surface area contributed by atoms with Crippen LogP contribution in [-0.4, -0.2) is 14.4 Å². The summed E-state index contributed by atoms with van der Waals surface area (Å²) in [7, 11) is 0. The van der Waals surface area contributed by atoms with Crippen LogP contribution in [-0.2, 0) is 0 Å². The maximum absolute atomic E-state index is 4.69. The van der Waals surface area contributed by atoms with E-state index in [2.05, 4.69) is 70.2 Å². The zero-order valence-electron chi connectivity index (χ0n) is 16.2. The molecule has 0 amide bonds. The van der Waals surface area contributed by atoms with Crippen molar-refractivity contribution in [3.63, 3.8) is 0 Å². The molecule has 0 aliphatic heterocycles. The summed E-state index contributed by atoms with van der Waals surface area (Å²) in [4.78, 5) is 9.11. The van der Waals surface area contributed by atoms with Gasteiger partial charge in [0, 0.05) is 81.3 Å². The average molecular weight is 432 g/mol. The number of benzene rings is 3. The minimum atomic E-state index is 0.985. The Balaban J connectivity index is 1.68. The lowest BCUT2D eigenvalue weighted by molar-refractivity contribution is 1.27. The smallest absolute Gasteiger partial charge is 0.145 e. The van der Waals surface area contributed by atoms with Crippen molar-refractivity contribution in [2.75, 3.05) is 0 Å². The molecule has 5 aromatic heterocycles. The first-order valence-corrected chi connectivity index (χ1v) is 11.8. The van der Waals surface area contributed by atoms with Gasteiger partial charge >= 0.3 is 0 Å². The van der Waals surface area contributed by atoms with E-state index in [-0.39, 0.29) is 0 Å². The van der Waals surface area contributed by atoms with Crippen LogP contribution in [0.3, 0.4) is 0 Å². The minimum Gasteiger partial charge on any atom is -0.298 e. The van der Waals surface area contributed by atoms with Crippen molar-refractivity contribution in [1.82, 2.24) is 14.4 Å². The molecular weight excluding hydrogens is 418 g/mol. The molecule has 0 unspecified atom stereocenters. The van der Waals surface area contributed by atoms with Gasteiger partial charge in [-0.2, -0.15) is 0 Å². The number of aromatic nitrogens is 3. The number of hydrogen-bond acceptors (Lipinski definition) is 4. The van der Waals surface area contributed by atoms with E-state index in [1.165, 1.54) is 51.2 Å². The Kier molecular flexibility index (Phi) is 2.91. The second kappa shape index (κ2) is 5.58. The summed E-state index contributed by atoms with van der Waals surface area (Å²) in [5.74, 6) is 0. The van der Waals surface area contributed by atoms with E-state index < -0.39 is 0 Å². The molecule has 8 aromatic rings. The Morgan fingerprint density at radius 2 is 1.55 bits per heavy atom. The van der Waals surface area contributed by atoms with Crippen molar-refractivity contribution in [3.8, 4) is 0 Å². The lowest BCUT2D eigenvalue weighted by Crippen LogP contribution is -1.91. The summed E-state index contributed by atoms with van der Waals surface area (Å²) in [5.41, 5.74) is 2.20. The molecule has 0 aliphatic carbocycles. The highest BCUT2D eigenvalue weighted by Gasteiger charge is 2.17. The fourth-order valence-corrected chi connectivity index (χ4v) is 7.35. The highest BCUT2D eigenvalue weighted by molar-refractivity contribution is 7.28. The van der Waals surface area contributed by atoms with E-state index in [0.717, 1.165) is 16.4 Å². The van der Waals surface area contributed by atoms with Crippen LogP contribution in [0, 0.1) is 0 Å². The van der Waals surface area contributed by atoms with Gasteiger partial charge in [-0.15, -0.1) is 22.7 Å². The van der Waals surface area contributed by atoms with Gasteiger partial charge in [0.15, 0.2) is 0 Å². The maximum Gasteiger partial charge on any atom is 0.145 e. The summed E-state index contributed by atoms with van der Waals surface area (Å²) >= 11 is 3.75. The van der Waals surface area contributed by atoms with Crippen molar-refractivity contribution in [2.45, 2.75) is 0 Å². The molecule has 8 rings (SSSR count). The predicted molar refractivity (Wildman–Crippen MR) is 134 cm³/mol. The molecule has 0 fully saturated rings.